The van der Waals surface area contributed by atoms with Gasteiger partial charge in [-0.15, -0.1) is 0 Å². The van der Waals surface area contributed by atoms with Crippen LogP contribution in [-0.2, 0) is 10.0 Å². The largest absolute Gasteiger partial charge is 0.338 e. The molecule has 0 spiro atoms. The van der Waals surface area contributed by atoms with Crippen molar-refractivity contribution >= 4 is 32.7 Å². The van der Waals surface area contributed by atoms with Gasteiger partial charge in [0.2, 0.25) is 10.0 Å². The van der Waals surface area contributed by atoms with Gasteiger partial charge >= 0.3 is 0 Å². The number of nitrogens with one attached hydrogen (secondary N) is 2. The number of H-pyrrole nitrogens is 1. The number of carbonyl (C=O) groups is 1. The third-order valence-electron chi connectivity index (χ3n) is 6.19. The number of para-hydroxylation sites is 2. The van der Waals surface area contributed by atoms with Crippen LogP contribution in [0.2, 0.25) is 0 Å². The number of aromatic nitrogens is 2. The number of imidazole rings is 1. The molecule has 1 amide bonds. The van der Waals surface area contributed by atoms with E-state index in [1.54, 1.807) is 31.2 Å². The first kappa shape index (κ1) is 22.3. The molecule has 1 saturated heterocycles. The SMILES string of the molecule is Cc1ccc(C(=O)Nc2ccc(-c3nc4ccccc4[nH]3)cc2)cc1S(=O)(=O)N1CCCCC1. The lowest BCUT2D eigenvalue weighted by Gasteiger charge is -2.26. The molecule has 1 fully saturated rings. The highest BCUT2D eigenvalue weighted by atomic mass is 32.2. The lowest BCUT2D eigenvalue weighted by Crippen LogP contribution is -2.36. The van der Waals surface area contributed by atoms with Crippen LogP contribution in [0.1, 0.15) is 35.2 Å². The van der Waals surface area contributed by atoms with E-state index in [9.17, 15) is 13.2 Å². The molecule has 0 atom stereocenters. The summed E-state index contributed by atoms with van der Waals surface area (Å²) in [6, 6.07) is 20.0. The van der Waals surface area contributed by atoms with Crippen molar-refractivity contribution in [1.29, 1.82) is 0 Å². The van der Waals surface area contributed by atoms with Crippen molar-refractivity contribution in [2.24, 2.45) is 0 Å². The number of carbonyl (C=O) groups excluding carboxylic acids is 1. The second kappa shape index (κ2) is 9.04. The van der Waals surface area contributed by atoms with Gasteiger partial charge in [0, 0.05) is 29.9 Å². The molecular formula is C26H26N4O3S. The lowest BCUT2D eigenvalue weighted by molar-refractivity contribution is 0.102. The Balaban J connectivity index is 1.34. The minimum absolute atomic E-state index is 0.197. The van der Waals surface area contributed by atoms with Crippen LogP contribution >= 0.6 is 0 Å². The van der Waals surface area contributed by atoms with Crippen LogP contribution < -0.4 is 5.32 Å². The van der Waals surface area contributed by atoms with E-state index in [2.05, 4.69) is 15.3 Å². The highest BCUT2D eigenvalue weighted by Crippen LogP contribution is 2.26. The van der Waals surface area contributed by atoms with Crippen molar-refractivity contribution in [3.8, 4) is 11.4 Å². The molecule has 1 aliphatic heterocycles. The van der Waals surface area contributed by atoms with E-state index in [4.69, 9.17) is 0 Å². The number of anilines is 1. The number of aryl methyl sites for hydroxylation is 1. The Morgan fingerprint density at radius 2 is 1.71 bits per heavy atom. The second-order valence-electron chi connectivity index (χ2n) is 8.58. The minimum Gasteiger partial charge on any atom is -0.338 e. The van der Waals surface area contributed by atoms with Crippen molar-refractivity contribution in [2.45, 2.75) is 31.1 Å². The molecule has 0 radical (unpaired) electrons. The molecule has 0 aliphatic carbocycles. The molecule has 3 aromatic carbocycles. The Kier molecular flexibility index (Phi) is 5.93. The van der Waals surface area contributed by atoms with Gasteiger partial charge in [0.25, 0.3) is 5.91 Å². The highest BCUT2D eigenvalue weighted by molar-refractivity contribution is 7.89. The highest BCUT2D eigenvalue weighted by Gasteiger charge is 2.28. The summed E-state index contributed by atoms with van der Waals surface area (Å²) < 4.78 is 27.9. The molecule has 34 heavy (non-hydrogen) atoms. The van der Waals surface area contributed by atoms with Gasteiger partial charge in [0.1, 0.15) is 5.82 Å². The molecule has 2 heterocycles. The Hall–Kier alpha value is -3.49. The van der Waals surface area contributed by atoms with Crippen LogP contribution in [0.3, 0.4) is 0 Å². The molecule has 5 rings (SSSR count). The second-order valence-corrected chi connectivity index (χ2v) is 10.5. The van der Waals surface area contributed by atoms with Gasteiger partial charge in [0.15, 0.2) is 0 Å². The fourth-order valence-corrected chi connectivity index (χ4v) is 6.04. The average molecular weight is 475 g/mol. The zero-order chi connectivity index (χ0) is 23.7. The van der Waals surface area contributed by atoms with E-state index in [1.807, 2.05) is 36.4 Å². The first-order valence-corrected chi connectivity index (χ1v) is 12.8. The van der Waals surface area contributed by atoms with Gasteiger partial charge in [-0.05, 0) is 73.9 Å². The summed E-state index contributed by atoms with van der Waals surface area (Å²) in [4.78, 5) is 21.0. The number of benzene rings is 3. The third-order valence-corrected chi connectivity index (χ3v) is 8.23. The maximum absolute atomic E-state index is 13.2. The number of amides is 1. The fourth-order valence-electron chi connectivity index (χ4n) is 4.27. The number of hydrogen-bond donors (Lipinski definition) is 2. The normalized spacial score (nSPS) is 14.9. The Morgan fingerprint density at radius 3 is 2.44 bits per heavy atom. The first-order valence-electron chi connectivity index (χ1n) is 11.4. The van der Waals surface area contributed by atoms with Gasteiger partial charge in [-0.1, -0.05) is 24.6 Å². The third kappa shape index (κ3) is 4.34. The molecule has 174 valence electrons. The van der Waals surface area contributed by atoms with Crippen molar-refractivity contribution in [3.05, 3.63) is 77.9 Å². The zero-order valence-electron chi connectivity index (χ0n) is 18.9. The summed E-state index contributed by atoms with van der Waals surface area (Å²) in [6.07, 6.45) is 2.77. The monoisotopic (exact) mass is 474 g/mol. The van der Waals surface area contributed by atoms with Gasteiger partial charge in [-0.25, -0.2) is 13.4 Å². The molecule has 7 nitrogen and oxygen atoms in total. The summed E-state index contributed by atoms with van der Waals surface area (Å²) in [6.45, 7) is 2.81. The number of rotatable bonds is 5. The van der Waals surface area contributed by atoms with E-state index in [1.165, 1.54) is 10.4 Å². The van der Waals surface area contributed by atoms with Crippen molar-refractivity contribution < 1.29 is 13.2 Å². The fraction of sp³-hybridized carbons (Fsp3) is 0.231. The van der Waals surface area contributed by atoms with E-state index >= 15 is 0 Å². The van der Waals surface area contributed by atoms with Crippen molar-refractivity contribution in [2.75, 3.05) is 18.4 Å². The number of nitrogens with zero attached hydrogens (tertiary/aromatic N) is 2. The maximum atomic E-state index is 13.2. The van der Waals surface area contributed by atoms with Crippen LogP contribution in [0.4, 0.5) is 5.69 Å². The number of fused-ring (bicyclic) bond motifs is 1. The van der Waals surface area contributed by atoms with E-state index in [-0.39, 0.29) is 10.8 Å². The predicted molar refractivity (Wildman–Crippen MR) is 133 cm³/mol. The molecular weight excluding hydrogens is 448 g/mol. The van der Waals surface area contributed by atoms with E-state index < -0.39 is 10.0 Å². The minimum atomic E-state index is -3.63. The van der Waals surface area contributed by atoms with Crippen LogP contribution in [-0.4, -0.2) is 41.7 Å². The van der Waals surface area contributed by atoms with E-state index in [0.717, 1.165) is 41.7 Å². The van der Waals surface area contributed by atoms with Crippen LogP contribution in [0.25, 0.3) is 22.4 Å². The molecule has 8 heteroatoms. The topological polar surface area (TPSA) is 95.2 Å². The number of sulfonamides is 1. The quantitative estimate of drug-likeness (QED) is 0.427. The Bertz CT molecular complexity index is 1420. The Morgan fingerprint density at radius 1 is 0.971 bits per heavy atom. The molecule has 0 saturated carbocycles. The van der Waals surface area contributed by atoms with Gasteiger partial charge in [0.05, 0.1) is 15.9 Å². The summed E-state index contributed by atoms with van der Waals surface area (Å²) in [7, 11) is -3.63. The number of hydrogen-bond acceptors (Lipinski definition) is 4. The number of aromatic amines is 1. The maximum Gasteiger partial charge on any atom is 0.255 e. The first-order chi connectivity index (χ1) is 16.4. The molecule has 0 unspecified atom stereocenters. The van der Waals surface area contributed by atoms with Gasteiger partial charge in [-0.2, -0.15) is 4.31 Å². The molecule has 4 aromatic rings. The average Bonchev–Trinajstić information content (AvgIpc) is 3.29. The molecule has 1 aliphatic rings. The van der Waals surface area contributed by atoms with E-state index in [0.29, 0.717) is 29.9 Å². The molecule has 0 bridgehead atoms. The Labute approximate surface area is 198 Å². The van der Waals surface area contributed by atoms with Crippen molar-refractivity contribution in [1.82, 2.24) is 14.3 Å². The summed E-state index contributed by atoms with van der Waals surface area (Å²) in [5.41, 5.74) is 4.32. The standard InChI is InChI=1S/C26H26N4O3S/c1-18-9-10-20(17-24(18)34(32,33)30-15-5-2-6-16-30)26(31)27-21-13-11-19(12-14-21)25-28-22-7-3-4-8-23(22)29-25/h3-4,7-14,17H,2,5-6,15-16H2,1H3,(H,27,31)(H,28,29). The van der Waals surface area contributed by atoms with Gasteiger partial charge < -0.3 is 10.3 Å². The summed E-state index contributed by atoms with van der Waals surface area (Å²) in [5.74, 6) is 0.400. The van der Waals surface area contributed by atoms with Crippen LogP contribution in [0.5, 0.6) is 0 Å². The van der Waals surface area contributed by atoms with Gasteiger partial charge in [-0.3, -0.25) is 4.79 Å². The summed E-state index contributed by atoms with van der Waals surface area (Å²) >= 11 is 0. The summed E-state index contributed by atoms with van der Waals surface area (Å²) in [5, 5.41) is 2.86. The van der Waals surface area contributed by atoms with Crippen LogP contribution in [0, 0.1) is 6.92 Å². The van der Waals surface area contributed by atoms with Crippen molar-refractivity contribution in [3.63, 3.8) is 0 Å². The van der Waals surface area contributed by atoms with Crippen LogP contribution in [0.15, 0.2) is 71.6 Å². The molecule has 2 N–H and O–H groups in total. The number of piperidine rings is 1. The predicted octanol–water partition coefficient (Wildman–Crippen LogP) is 4.97. The lowest BCUT2D eigenvalue weighted by atomic mass is 10.1. The molecule has 1 aromatic heterocycles. The smallest absolute Gasteiger partial charge is 0.255 e. The zero-order valence-corrected chi connectivity index (χ0v) is 19.7.